The SMILES string of the molecule is CCCNC(=O)CC1O[C@H](CO)[C@@H](O)[C@H](O)[C@H]1O. The van der Waals surface area contributed by atoms with Crippen molar-refractivity contribution in [2.45, 2.75) is 50.3 Å². The Morgan fingerprint density at radius 1 is 1.17 bits per heavy atom. The molecule has 1 rings (SSSR count). The van der Waals surface area contributed by atoms with Gasteiger partial charge in [0, 0.05) is 6.54 Å². The van der Waals surface area contributed by atoms with Gasteiger partial charge < -0.3 is 30.5 Å². The van der Waals surface area contributed by atoms with Crippen LogP contribution in [0.2, 0.25) is 0 Å². The van der Waals surface area contributed by atoms with Crippen molar-refractivity contribution in [3.05, 3.63) is 0 Å². The molecule has 0 aromatic heterocycles. The van der Waals surface area contributed by atoms with Gasteiger partial charge in [0.2, 0.25) is 5.91 Å². The molecule has 0 aromatic rings. The van der Waals surface area contributed by atoms with E-state index in [-0.39, 0.29) is 12.3 Å². The van der Waals surface area contributed by atoms with Crippen molar-refractivity contribution in [3.8, 4) is 0 Å². The fourth-order valence-electron chi connectivity index (χ4n) is 1.87. The lowest BCUT2D eigenvalue weighted by Gasteiger charge is -2.39. The molecule has 5 N–H and O–H groups in total. The number of aliphatic hydroxyl groups excluding tert-OH is 4. The van der Waals surface area contributed by atoms with Crippen molar-refractivity contribution < 1.29 is 30.0 Å². The van der Waals surface area contributed by atoms with Crippen molar-refractivity contribution >= 4 is 5.91 Å². The molecule has 1 amide bonds. The summed E-state index contributed by atoms with van der Waals surface area (Å²) < 4.78 is 5.21. The first kappa shape index (κ1) is 15.3. The summed E-state index contributed by atoms with van der Waals surface area (Å²) in [5.74, 6) is -0.304. The van der Waals surface area contributed by atoms with Crippen molar-refractivity contribution in [3.63, 3.8) is 0 Å². The van der Waals surface area contributed by atoms with E-state index in [2.05, 4.69) is 5.32 Å². The Hall–Kier alpha value is -0.730. The molecule has 0 saturated carbocycles. The summed E-state index contributed by atoms with van der Waals surface area (Å²) in [4.78, 5) is 11.5. The molecular weight excluding hydrogens is 242 g/mol. The van der Waals surface area contributed by atoms with Gasteiger partial charge in [0.25, 0.3) is 0 Å². The number of amides is 1. The molecule has 0 aromatic carbocycles. The van der Waals surface area contributed by atoms with Gasteiger partial charge in [0.1, 0.15) is 24.4 Å². The van der Waals surface area contributed by atoms with Gasteiger partial charge in [-0.15, -0.1) is 0 Å². The summed E-state index contributed by atoms with van der Waals surface area (Å²) in [6.07, 6.45) is -5.40. The number of carbonyl (C=O) groups is 1. The summed E-state index contributed by atoms with van der Waals surface area (Å²) in [7, 11) is 0. The molecule has 5 atom stereocenters. The van der Waals surface area contributed by atoms with Crippen LogP contribution in [0.4, 0.5) is 0 Å². The molecule has 0 radical (unpaired) electrons. The molecular formula is C11H21NO6. The van der Waals surface area contributed by atoms with Gasteiger partial charge in [-0.2, -0.15) is 0 Å². The van der Waals surface area contributed by atoms with E-state index in [9.17, 15) is 20.1 Å². The molecule has 7 nitrogen and oxygen atoms in total. The van der Waals surface area contributed by atoms with E-state index in [1.165, 1.54) is 0 Å². The zero-order valence-electron chi connectivity index (χ0n) is 10.3. The molecule has 0 bridgehead atoms. The average molecular weight is 263 g/mol. The van der Waals surface area contributed by atoms with E-state index in [1.807, 2.05) is 6.92 Å². The summed E-state index contributed by atoms with van der Waals surface area (Å²) in [5.41, 5.74) is 0. The molecule has 18 heavy (non-hydrogen) atoms. The maximum absolute atomic E-state index is 11.5. The first-order chi connectivity index (χ1) is 8.51. The van der Waals surface area contributed by atoms with Crippen molar-refractivity contribution in [1.82, 2.24) is 5.32 Å². The van der Waals surface area contributed by atoms with Gasteiger partial charge in [-0.05, 0) is 6.42 Å². The van der Waals surface area contributed by atoms with Crippen LogP contribution in [-0.4, -0.2) is 70.0 Å². The normalized spacial score (nSPS) is 36.4. The number of carbonyl (C=O) groups excluding carboxylic acids is 1. The highest BCUT2D eigenvalue weighted by atomic mass is 16.5. The predicted molar refractivity (Wildman–Crippen MR) is 61.7 cm³/mol. The van der Waals surface area contributed by atoms with Crippen molar-refractivity contribution in [1.29, 1.82) is 0 Å². The van der Waals surface area contributed by atoms with Crippen LogP contribution in [0.1, 0.15) is 19.8 Å². The number of aliphatic hydroxyl groups is 4. The Kier molecular flexibility index (Phi) is 5.97. The molecule has 0 spiro atoms. The lowest BCUT2D eigenvalue weighted by Crippen LogP contribution is -2.59. The van der Waals surface area contributed by atoms with Crippen LogP contribution in [0.25, 0.3) is 0 Å². The second kappa shape index (κ2) is 7.01. The highest BCUT2D eigenvalue weighted by Crippen LogP contribution is 2.22. The summed E-state index contributed by atoms with van der Waals surface area (Å²) in [5, 5.41) is 40.4. The zero-order chi connectivity index (χ0) is 13.7. The lowest BCUT2D eigenvalue weighted by atomic mass is 9.93. The van der Waals surface area contributed by atoms with Gasteiger partial charge in [-0.1, -0.05) is 6.92 Å². The smallest absolute Gasteiger partial charge is 0.222 e. The van der Waals surface area contributed by atoms with Crippen LogP contribution in [0.15, 0.2) is 0 Å². The topological polar surface area (TPSA) is 119 Å². The monoisotopic (exact) mass is 263 g/mol. The van der Waals surface area contributed by atoms with E-state index in [0.29, 0.717) is 6.54 Å². The zero-order valence-corrected chi connectivity index (χ0v) is 10.3. The molecule has 106 valence electrons. The highest BCUT2D eigenvalue weighted by molar-refractivity contribution is 5.76. The molecule has 1 heterocycles. The van der Waals surface area contributed by atoms with Crippen LogP contribution < -0.4 is 5.32 Å². The maximum Gasteiger partial charge on any atom is 0.222 e. The van der Waals surface area contributed by atoms with E-state index in [4.69, 9.17) is 9.84 Å². The average Bonchev–Trinajstić information content (AvgIpc) is 2.37. The van der Waals surface area contributed by atoms with E-state index < -0.39 is 37.1 Å². The molecule has 7 heteroatoms. The minimum atomic E-state index is -1.43. The fraction of sp³-hybridized carbons (Fsp3) is 0.909. The largest absolute Gasteiger partial charge is 0.394 e. The van der Waals surface area contributed by atoms with Gasteiger partial charge in [-0.25, -0.2) is 0 Å². The van der Waals surface area contributed by atoms with E-state index in [0.717, 1.165) is 6.42 Å². The first-order valence-electron chi connectivity index (χ1n) is 6.08. The first-order valence-corrected chi connectivity index (χ1v) is 6.08. The number of ether oxygens (including phenoxy) is 1. The number of hydrogen-bond donors (Lipinski definition) is 5. The van der Waals surface area contributed by atoms with Crippen molar-refractivity contribution in [2.75, 3.05) is 13.2 Å². The van der Waals surface area contributed by atoms with Crippen LogP contribution in [0, 0.1) is 0 Å². The maximum atomic E-state index is 11.5. The number of nitrogens with one attached hydrogen (secondary N) is 1. The highest BCUT2D eigenvalue weighted by Gasteiger charge is 2.43. The van der Waals surface area contributed by atoms with Gasteiger partial charge in [-0.3, -0.25) is 4.79 Å². The molecule has 1 aliphatic rings. The number of hydrogen-bond acceptors (Lipinski definition) is 6. The molecule has 1 fully saturated rings. The van der Waals surface area contributed by atoms with Gasteiger partial charge in [0.15, 0.2) is 0 Å². The minimum Gasteiger partial charge on any atom is -0.394 e. The minimum absolute atomic E-state index is 0.124. The summed E-state index contributed by atoms with van der Waals surface area (Å²) in [6.45, 7) is 1.95. The molecule has 0 aliphatic carbocycles. The number of rotatable bonds is 5. The third-order valence-electron chi connectivity index (χ3n) is 2.95. The predicted octanol–water partition coefficient (Wildman–Crippen LogP) is -2.25. The Morgan fingerprint density at radius 3 is 2.33 bits per heavy atom. The fourth-order valence-corrected chi connectivity index (χ4v) is 1.87. The second-order valence-electron chi connectivity index (χ2n) is 4.42. The molecule has 1 aliphatic heterocycles. The third-order valence-corrected chi connectivity index (χ3v) is 2.95. The van der Waals surface area contributed by atoms with Crippen LogP contribution in [-0.2, 0) is 9.53 Å². The van der Waals surface area contributed by atoms with Crippen LogP contribution in [0.5, 0.6) is 0 Å². The van der Waals surface area contributed by atoms with Crippen LogP contribution in [0.3, 0.4) is 0 Å². The molecule has 1 unspecified atom stereocenters. The summed E-state index contributed by atoms with van der Waals surface area (Å²) in [6, 6.07) is 0. The van der Waals surface area contributed by atoms with Crippen LogP contribution >= 0.6 is 0 Å². The Labute approximate surface area is 105 Å². The quantitative estimate of drug-likeness (QED) is 0.382. The molecule has 1 saturated heterocycles. The van der Waals surface area contributed by atoms with E-state index in [1.54, 1.807) is 0 Å². The van der Waals surface area contributed by atoms with Gasteiger partial charge >= 0.3 is 0 Å². The van der Waals surface area contributed by atoms with E-state index >= 15 is 0 Å². The Bertz CT molecular complexity index is 272. The third kappa shape index (κ3) is 3.63. The second-order valence-corrected chi connectivity index (χ2v) is 4.42. The Balaban J connectivity index is 2.56. The standard InChI is InChI=1S/C11H21NO6/c1-2-3-12-8(14)4-6-9(15)11(17)10(16)7(5-13)18-6/h6-7,9-11,13,15-17H,2-5H2,1H3,(H,12,14)/t6?,7-,9+,10-,11-/m1/s1. The summed E-state index contributed by atoms with van der Waals surface area (Å²) >= 11 is 0. The lowest BCUT2D eigenvalue weighted by molar-refractivity contribution is -0.229. The Morgan fingerprint density at radius 2 is 1.78 bits per heavy atom. The van der Waals surface area contributed by atoms with Crippen molar-refractivity contribution in [2.24, 2.45) is 0 Å². The van der Waals surface area contributed by atoms with Gasteiger partial charge in [0.05, 0.1) is 19.1 Å².